The lowest BCUT2D eigenvalue weighted by Gasteiger charge is -2.25. The fraction of sp³-hybridized carbons (Fsp3) is 0.0385. The molecule has 1 aliphatic carbocycles. The number of aromatic nitrogens is 2. The molecule has 4 heterocycles. The molecule has 1 aliphatic heterocycles. The van der Waals surface area contributed by atoms with Crippen LogP contribution in [0.25, 0.3) is 76.7 Å². The minimum absolute atomic E-state index is 0.0396. The van der Waals surface area contributed by atoms with Gasteiger partial charge in [-0.3, -0.25) is 4.99 Å². The van der Waals surface area contributed by atoms with Crippen molar-refractivity contribution >= 4 is 71.4 Å². The first-order chi connectivity index (χ1) is 27.8. The standard InChI is InChI=1S/C52H34N4/c1-2-12-33(13-3-1)34-22-24-35(25-23-34)50-43-18-6-9-19-45(43)53-52(54-50)36-26-28-37(29-27-36)55-46-20-10-8-17-41(46)42-30-31-48-44(51(42)55)32-49-40-16-5-4-14-38(40)39-15-7-11-21-47(39)56(48)49/h1-18,20-32,45H,19H2. The minimum atomic E-state index is 0.0396. The number of para-hydroxylation sites is 2. The van der Waals surface area contributed by atoms with Crippen LogP contribution in [0.15, 0.2) is 204 Å². The monoisotopic (exact) mass is 714 g/mol. The zero-order chi connectivity index (χ0) is 36.7. The Labute approximate surface area is 323 Å². The van der Waals surface area contributed by atoms with Gasteiger partial charge >= 0.3 is 0 Å². The van der Waals surface area contributed by atoms with Gasteiger partial charge in [-0.1, -0.05) is 140 Å². The highest BCUT2D eigenvalue weighted by Crippen LogP contribution is 2.41. The zero-order valence-electron chi connectivity index (χ0n) is 30.5. The van der Waals surface area contributed by atoms with Crippen molar-refractivity contribution < 1.29 is 0 Å². The molecule has 0 saturated heterocycles. The Hall–Kier alpha value is -7.30. The summed E-state index contributed by atoms with van der Waals surface area (Å²) in [5, 5.41) is 7.52. The highest BCUT2D eigenvalue weighted by Gasteiger charge is 2.27. The summed E-state index contributed by atoms with van der Waals surface area (Å²) in [6.45, 7) is 0. The van der Waals surface area contributed by atoms with Crippen molar-refractivity contribution in [2.75, 3.05) is 0 Å². The molecule has 1 atom stereocenters. The molecule has 0 spiro atoms. The van der Waals surface area contributed by atoms with Crippen molar-refractivity contribution in [3.63, 3.8) is 0 Å². The number of aliphatic imine (C=N–C) groups is 2. The van der Waals surface area contributed by atoms with Crippen molar-refractivity contribution in [2.45, 2.75) is 12.5 Å². The molecule has 7 aromatic carbocycles. The average molecular weight is 715 g/mol. The Kier molecular flexibility index (Phi) is 6.72. The molecule has 10 aromatic rings. The van der Waals surface area contributed by atoms with Gasteiger partial charge in [0, 0.05) is 49.3 Å². The Morgan fingerprint density at radius 3 is 1.86 bits per heavy atom. The van der Waals surface area contributed by atoms with Crippen LogP contribution in [0.2, 0.25) is 0 Å². The Balaban J connectivity index is 1.01. The van der Waals surface area contributed by atoms with Crippen LogP contribution in [0.3, 0.4) is 0 Å². The Bertz CT molecular complexity index is 3350. The number of nitrogens with zero attached hydrogens (tertiary/aromatic N) is 4. The number of benzene rings is 7. The van der Waals surface area contributed by atoms with Crippen LogP contribution in [0.4, 0.5) is 0 Å². The molecule has 0 bridgehead atoms. The van der Waals surface area contributed by atoms with Gasteiger partial charge in [0.25, 0.3) is 0 Å². The Morgan fingerprint density at radius 2 is 1.07 bits per heavy atom. The van der Waals surface area contributed by atoms with E-state index in [1.165, 1.54) is 76.6 Å². The van der Waals surface area contributed by atoms with Gasteiger partial charge in [0.1, 0.15) is 0 Å². The molecule has 0 N–H and O–H groups in total. The lowest BCUT2D eigenvalue weighted by atomic mass is 9.89. The van der Waals surface area contributed by atoms with Gasteiger partial charge in [-0.2, -0.15) is 0 Å². The van der Waals surface area contributed by atoms with Gasteiger partial charge in [-0.05, 0) is 71.5 Å². The number of rotatable bonds is 4. The number of amidine groups is 1. The summed E-state index contributed by atoms with van der Waals surface area (Å²) >= 11 is 0. The summed E-state index contributed by atoms with van der Waals surface area (Å²) in [7, 11) is 0. The molecule has 4 heteroatoms. The van der Waals surface area contributed by atoms with Crippen LogP contribution in [0.5, 0.6) is 0 Å². The van der Waals surface area contributed by atoms with Crippen molar-refractivity contribution in [1.29, 1.82) is 0 Å². The molecular formula is C52H34N4. The van der Waals surface area contributed by atoms with E-state index in [0.29, 0.717) is 0 Å². The van der Waals surface area contributed by atoms with Crippen LogP contribution in [-0.4, -0.2) is 26.6 Å². The number of fused-ring (bicyclic) bond motifs is 13. The van der Waals surface area contributed by atoms with Crippen molar-refractivity contribution in [2.24, 2.45) is 9.98 Å². The van der Waals surface area contributed by atoms with Crippen molar-refractivity contribution in [1.82, 2.24) is 8.97 Å². The average Bonchev–Trinajstić information content (AvgIpc) is 3.84. The van der Waals surface area contributed by atoms with E-state index < -0.39 is 0 Å². The summed E-state index contributed by atoms with van der Waals surface area (Å²) in [6.07, 6.45) is 7.39. The van der Waals surface area contributed by atoms with Crippen LogP contribution in [0.1, 0.15) is 17.5 Å². The second kappa shape index (κ2) is 12.1. The summed E-state index contributed by atoms with van der Waals surface area (Å²) in [5.74, 6) is 0.776. The van der Waals surface area contributed by atoms with Gasteiger partial charge in [0.15, 0.2) is 5.84 Å². The highest BCUT2D eigenvalue weighted by atomic mass is 15.0. The normalized spacial score (nSPS) is 15.5. The van der Waals surface area contributed by atoms with E-state index in [-0.39, 0.29) is 6.04 Å². The third kappa shape index (κ3) is 4.59. The van der Waals surface area contributed by atoms with E-state index in [1.807, 2.05) is 0 Å². The fourth-order valence-electron chi connectivity index (χ4n) is 9.21. The number of hydrogen-bond donors (Lipinski definition) is 0. The van der Waals surface area contributed by atoms with Gasteiger partial charge in [-0.25, -0.2) is 4.99 Å². The molecule has 0 amide bonds. The maximum absolute atomic E-state index is 5.27. The first kappa shape index (κ1) is 31.1. The second-order valence-electron chi connectivity index (χ2n) is 14.9. The minimum Gasteiger partial charge on any atom is -0.309 e. The molecule has 4 nitrogen and oxygen atoms in total. The smallest absolute Gasteiger partial charge is 0.155 e. The molecule has 2 aliphatic rings. The lowest BCUT2D eigenvalue weighted by Crippen LogP contribution is -2.26. The van der Waals surface area contributed by atoms with E-state index in [4.69, 9.17) is 9.98 Å². The third-order valence-electron chi connectivity index (χ3n) is 11.8. The fourth-order valence-corrected chi connectivity index (χ4v) is 9.21. The molecule has 0 radical (unpaired) electrons. The molecule has 0 saturated carbocycles. The van der Waals surface area contributed by atoms with Crippen molar-refractivity contribution in [3.05, 3.63) is 205 Å². The maximum atomic E-state index is 5.27. The number of allylic oxidation sites excluding steroid dienone is 2. The number of hydrogen-bond acceptors (Lipinski definition) is 2. The number of pyridine rings is 1. The molecule has 3 aromatic heterocycles. The molecule has 1 unspecified atom stereocenters. The van der Waals surface area contributed by atoms with Gasteiger partial charge in [0.05, 0.1) is 39.3 Å². The lowest BCUT2D eigenvalue weighted by molar-refractivity contribution is 0.795. The first-order valence-electron chi connectivity index (χ1n) is 19.4. The van der Waals surface area contributed by atoms with Gasteiger partial charge in [-0.15, -0.1) is 0 Å². The molecule has 12 rings (SSSR count). The van der Waals surface area contributed by atoms with Crippen LogP contribution in [-0.2, 0) is 0 Å². The van der Waals surface area contributed by atoms with Crippen LogP contribution < -0.4 is 0 Å². The van der Waals surface area contributed by atoms with E-state index in [1.54, 1.807) is 0 Å². The first-order valence-corrected chi connectivity index (χ1v) is 19.4. The maximum Gasteiger partial charge on any atom is 0.155 e. The van der Waals surface area contributed by atoms with E-state index in [0.717, 1.165) is 34.8 Å². The SMILES string of the molecule is C1=CCC2N=C(c3ccc(-n4c5ccccc5c5ccc6c(cc7c8ccccc8c8ccccc8n76)c54)cc3)N=C(c3ccc(-c4ccccc4)cc3)C2=C1. The third-order valence-corrected chi connectivity index (χ3v) is 11.8. The van der Waals surface area contributed by atoms with Crippen LogP contribution in [0, 0.1) is 0 Å². The topological polar surface area (TPSA) is 34.1 Å². The predicted octanol–water partition coefficient (Wildman–Crippen LogP) is 12.7. The highest BCUT2D eigenvalue weighted by molar-refractivity contribution is 6.24. The summed E-state index contributed by atoms with van der Waals surface area (Å²) in [6, 6.07) is 61.6. The Morgan fingerprint density at radius 1 is 0.464 bits per heavy atom. The van der Waals surface area contributed by atoms with Gasteiger partial charge in [0.2, 0.25) is 0 Å². The van der Waals surface area contributed by atoms with Crippen LogP contribution >= 0.6 is 0 Å². The summed E-state index contributed by atoms with van der Waals surface area (Å²) in [5.41, 5.74) is 13.8. The largest absolute Gasteiger partial charge is 0.309 e. The quantitative estimate of drug-likeness (QED) is 0.163. The summed E-state index contributed by atoms with van der Waals surface area (Å²) in [4.78, 5) is 10.5. The molecular weight excluding hydrogens is 681 g/mol. The second-order valence-corrected chi connectivity index (χ2v) is 14.9. The molecule has 262 valence electrons. The van der Waals surface area contributed by atoms with E-state index >= 15 is 0 Å². The van der Waals surface area contributed by atoms with Crippen molar-refractivity contribution in [3.8, 4) is 16.8 Å². The molecule has 56 heavy (non-hydrogen) atoms. The van der Waals surface area contributed by atoms with E-state index in [9.17, 15) is 0 Å². The predicted molar refractivity (Wildman–Crippen MR) is 235 cm³/mol. The zero-order valence-corrected chi connectivity index (χ0v) is 30.5. The molecule has 0 fully saturated rings. The van der Waals surface area contributed by atoms with Gasteiger partial charge < -0.3 is 8.97 Å². The summed E-state index contributed by atoms with van der Waals surface area (Å²) < 4.78 is 4.89. The van der Waals surface area contributed by atoms with E-state index in [2.05, 4.69) is 197 Å².